The normalized spacial score (nSPS) is 12.3. The van der Waals surface area contributed by atoms with Gasteiger partial charge >= 0.3 is 0 Å². The molecule has 0 bridgehead atoms. The minimum absolute atomic E-state index is 0.295. The molecule has 1 nitrogen and oxygen atoms in total. The molecule has 0 saturated heterocycles. The Balaban J connectivity index is 2.23. The van der Waals surface area contributed by atoms with E-state index in [4.69, 9.17) is 0 Å². The van der Waals surface area contributed by atoms with Gasteiger partial charge in [0.2, 0.25) is 0 Å². The molecule has 0 aromatic heterocycles. The summed E-state index contributed by atoms with van der Waals surface area (Å²) < 4.78 is 0. The Morgan fingerprint density at radius 2 is 1.71 bits per heavy atom. The fourth-order valence-electron chi connectivity index (χ4n) is 2.82. The van der Waals surface area contributed by atoms with Crippen LogP contribution in [0.5, 0.6) is 0 Å². The number of hydrogen-bond acceptors (Lipinski definition) is 1. The molecule has 2 aromatic carbocycles. The summed E-state index contributed by atoms with van der Waals surface area (Å²) in [5.74, 6) is 0. The molecule has 21 heavy (non-hydrogen) atoms. The summed E-state index contributed by atoms with van der Waals surface area (Å²) in [5, 5.41) is 3.75. The fraction of sp³-hybridized carbons (Fsp3) is 0.400. The molecule has 1 heteroatoms. The average molecular weight is 281 g/mol. The van der Waals surface area contributed by atoms with Crippen molar-refractivity contribution in [1.82, 2.24) is 5.32 Å². The van der Waals surface area contributed by atoms with Crippen LogP contribution in [0.15, 0.2) is 48.5 Å². The molecule has 0 fully saturated rings. The Morgan fingerprint density at radius 3 is 2.38 bits per heavy atom. The molecular weight excluding hydrogens is 254 g/mol. The van der Waals surface area contributed by atoms with Crippen LogP contribution in [0.25, 0.3) is 0 Å². The van der Waals surface area contributed by atoms with E-state index in [1.165, 1.54) is 41.5 Å². The average Bonchev–Trinajstić information content (AvgIpc) is 2.49. The number of aryl methyl sites for hydroxylation is 2. The summed E-state index contributed by atoms with van der Waals surface area (Å²) >= 11 is 0. The lowest BCUT2D eigenvalue weighted by atomic mass is 9.93. The fourth-order valence-corrected chi connectivity index (χ4v) is 2.82. The lowest BCUT2D eigenvalue weighted by Crippen LogP contribution is -2.24. The summed E-state index contributed by atoms with van der Waals surface area (Å²) in [6.45, 7) is 7.69. The maximum absolute atomic E-state index is 3.75. The highest BCUT2D eigenvalue weighted by molar-refractivity contribution is 5.38. The molecule has 0 amide bonds. The SMILES string of the molecule is CCCCCNC(c1ccccc1)c1ccc(C)cc1C. The Kier molecular flexibility index (Phi) is 6.01. The van der Waals surface area contributed by atoms with Gasteiger partial charge in [0.15, 0.2) is 0 Å². The second-order valence-electron chi connectivity index (χ2n) is 5.86. The van der Waals surface area contributed by atoms with E-state index in [2.05, 4.69) is 74.6 Å². The Labute approximate surface area is 129 Å². The van der Waals surface area contributed by atoms with Crippen molar-refractivity contribution < 1.29 is 0 Å². The van der Waals surface area contributed by atoms with E-state index in [1.807, 2.05) is 0 Å². The quantitative estimate of drug-likeness (QED) is 0.690. The van der Waals surface area contributed by atoms with Crippen molar-refractivity contribution in [3.63, 3.8) is 0 Å². The smallest absolute Gasteiger partial charge is 0.0579 e. The van der Waals surface area contributed by atoms with Crippen LogP contribution in [0.2, 0.25) is 0 Å². The van der Waals surface area contributed by atoms with Crippen LogP contribution < -0.4 is 5.32 Å². The second-order valence-corrected chi connectivity index (χ2v) is 5.86. The number of nitrogens with one attached hydrogen (secondary N) is 1. The van der Waals surface area contributed by atoms with Gasteiger partial charge in [-0.1, -0.05) is 73.9 Å². The summed E-state index contributed by atoms with van der Waals surface area (Å²) in [7, 11) is 0. The predicted molar refractivity (Wildman–Crippen MR) is 91.7 cm³/mol. The first kappa shape index (κ1) is 15.8. The van der Waals surface area contributed by atoms with E-state index in [0.717, 1.165) is 6.54 Å². The zero-order valence-corrected chi connectivity index (χ0v) is 13.5. The highest BCUT2D eigenvalue weighted by atomic mass is 14.9. The van der Waals surface area contributed by atoms with Crippen LogP contribution in [-0.2, 0) is 0 Å². The summed E-state index contributed by atoms with van der Waals surface area (Å²) in [6.07, 6.45) is 3.80. The zero-order chi connectivity index (χ0) is 15.1. The van der Waals surface area contributed by atoms with Crippen LogP contribution in [0.4, 0.5) is 0 Å². The highest BCUT2D eigenvalue weighted by Crippen LogP contribution is 2.25. The molecule has 2 aromatic rings. The topological polar surface area (TPSA) is 12.0 Å². The molecule has 1 atom stereocenters. The molecule has 0 aliphatic heterocycles. The van der Waals surface area contributed by atoms with Crippen LogP contribution in [0.1, 0.15) is 54.5 Å². The van der Waals surface area contributed by atoms with Crippen molar-refractivity contribution in [2.75, 3.05) is 6.54 Å². The molecule has 1 N–H and O–H groups in total. The van der Waals surface area contributed by atoms with Crippen molar-refractivity contribution in [2.24, 2.45) is 0 Å². The third-order valence-corrected chi connectivity index (χ3v) is 4.00. The van der Waals surface area contributed by atoms with Gasteiger partial charge in [-0.2, -0.15) is 0 Å². The second kappa shape index (κ2) is 7.99. The van der Waals surface area contributed by atoms with Crippen LogP contribution in [0.3, 0.4) is 0 Å². The lowest BCUT2D eigenvalue weighted by molar-refractivity contribution is 0.564. The van der Waals surface area contributed by atoms with Crippen molar-refractivity contribution in [3.05, 3.63) is 70.8 Å². The van der Waals surface area contributed by atoms with Crippen molar-refractivity contribution in [2.45, 2.75) is 46.1 Å². The molecule has 2 rings (SSSR count). The van der Waals surface area contributed by atoms with E-state index in [1.54, 1.807) is 0 Å². The van der Waals surface area contributed by atoms with E-state index in [-0.39, 0.29) is 0 Å². The molecule has 0 spiro atoms. The number of hydrogen-bond donors (Lipinski definition) is 1. The highest BCUT2D eigenvalue weighted by Gasteiger charge is 2.15. The molecule has 0 aliphatic rings. The van der Waals surface area contributed by atoms with Crippen molar-refractivity contribution in [3.8, 4) is 0 Å². The molecule has 1 unspecified atom stereocenters. The third kappa shape index (κ3) is 4.44. The first-order valence-corrected chi connectivity index (χ1v) is 8.08. The molecule has 0 radical (unpaired) electrons. The summed E-state index contributed by atoms with van der Waals surface area (Å²) in [4.78, 5) is 0. The predicted octanol–water partition coefficient (Wildman–Crippen LogP) is 5.17. The van der Waals surface area contributed by atoms with Crippen LogP contribution in [0, 0.1) is 13.8 Å². The van der Waals surface area contributed by atoms with E-state index >= 15 is 0 Å². The van der Waals surface area contributed by atoms with Crippen LogP contribution >= 0.6 is 0 Å². The van der Waals surface area contributed by atoms with Gasteiger partial charge in [-0.05, 0) is 43.5 Å². The van der Waals surface area contributed by atoms with Gasteiger partial charge in [-0.3, -0.25) is 0 Å². The zero-order valence-electron chi connectivity index (χ0n) is 13.5. The van der Waals surface area contributed by atoms with Gasteiger partial charge in [-0.25, -0.2) is 0 Å². The minimum Gasteiger partial charge on any atom is -0.306 e. The third-order valence-electron chi connectivity index (χ3n) is 4.00. The molecule has 0 saturated carbocycles. The number of benzene rings is 2. The van der Waals surface area contributed by atoms with Crippen LogP contribution in [-0.4, -0.2) is 6.54 Å². The summed E-state index contributed by atoms with van der Waals surface area (Å²) in [5.41, 5.74) is 5.44. The first-order chi connectivity index (χ1) is 10.2. The molecule has 112 valence electrons. The molecular formula is C20H27N. The standard InChI is InChI=1S/C20H27N/c1-4-5-9-14-21-20(18-10-7-6-8-11-18)19-13-12-16(2)15-17(19)3/h6-8,10-13,15,20-21H,4-5,9,14H2,1-3H3. The summed E-state index contributed by atoms with van der Waals surface area (Å²) in [6, 6.07) is 17.8. The minimum atomic E-state index is 0.295. The van der Waals surface area contributed by atoms with Gasteiger partial charge in [-0.15, -0.1) is 0 Å². The Bertz CT molecular complexity index is 545. The Hall–Kier alpha value is -1.60. The Morgan fingerprint density at radius 1 is 0.952 bits per heavy atom. The lowest BCUT2D eigenvalue weighted by Gasteiger charge is -2.22. The maximum atomic E-state index is 3.75. The first-order valence-electron chi connectivity index (χ1n) is 8.08. The van der Waals surface area contributed by atoms with E-state index < -0.39 is 0 Å². The van der Waals surface area contributed by atoms with Gasteiger partial charge in [0.25, 0.3) is 0 Å². The van der Waals surface area contributed by atoms with E-state index in [0.29, 0.717) is 6.04 Å². The number of rotatable bonds is 7. The largest absolute Gasteiger partial charge is 0.306 e. The van der Waals surface area contributed by atoms with Gasteiger partial charge in [0.05, 0.1) is 6.04 Å². The monoisotopic (exact) mass is 281 g/mol. The molecule has 0 aliphatic carbocycles. The van der Waals surface area contributed by atoms with Gasteiger partial charge in [0, 0.05) is 0 Å². The van der Waals surface area contributed by atoms with Gasteiger partial charge < -0.3 is 5.32 Å². The van der Waals surface area contributed by atoms with Gasteiger partial charge in [0.1, 0.15) is 0 Å². The molecule has 0 heterocycles. The van der Waals surface area contributed by atoms with Crippen molar-refractivity contribution >= 4 is 0 Å². The van der Waals surface area contributed by atoms with Crippen molar-refractivity contribution in [1.29, 1.82) is 0 Å². The van der Waals surface area contributed by atoms with E-state index in [9.17, 15) is 0 Å². The number of unbranched alkanes of at least 4 members (excludes halogenated alkanes) is 2. The maximum Gasteiger partial charge on any atom is 0.0579 e.